The number of ether oxygens (including phenoxy) is 2. The van der Waals surface area contributed by atoms with E-state index in [0.29, 0.717) is 24.9 Å². The van der Waals surface area contributed by atoms with Gasteiger partial charge in [-0.2, -0.15) is 0 Å². The number of allylic oxidation sites excluding steroid dienone is 2. The van der Waals surface area contributed by atoms with Crippen LogP contribution < -0.4 is 0 Å². The first kappa shape index (κ1) is 16.9. The molecule has 5 nitrogen and oxygen atoms in total. The predicted octanol–water partition coefficient (Wildman–Crippen LogP) is 1.68. The van der Waals surface area contributed by atoms with Gasteiger partial charge in [-0.15, -0.1) is 0 Å². The fourth-order valence-corrected chi connectivity index (χ4v) is 4.00. The van der Waals surface area contributed by atoms with E-state index < -0.39 is 0 Å². The lowest BCUT2D eigenvalue weighted by Gasteiger charge is -2.39. The van der Waals surface area contributed by atoms with Crippen LogP contribution in [0.15, 0.2) is 12.2 Å². The smallest absolute Gasteiger partial charge is 0.223 e. The fraction of sp³-hybridized carbons (Fsp3) is 0.833. The van der Waals surface area contributed by atoms with Crippen molar-refractivity contribution in [2.75, 3.05) is 40.4 Å². The van der Waals surface area contributed by atoms with Gasteiger partial charge >= 0.3 is 0 Å². The molecule has 0 unspecified atom stereocenters. The lowest BCUT2D eigenvalue weighted by molar-refractivity contribution is -0.152. The van der Waals surface area contributed by atoms with Crippen LogP contribution in [-0.2, 0) is 14.3 Å². The molecule has 1 heterocycles. The van der Waals surface area contributed by atoms with E-state index in [4.69, 9.17) is 9.47 Å². The van der Waals surface area contributed by atoms with Gasteiger partial charge in [0.1, 0.15) is 6.10 Å². The Morgan fingerprint density at radius 2 is 2.22 bits per heavy atom. The van der Waals surface area contributed by atoms with E-state index in [-0.39, 0.29) is 18.2 Å². The molecule has 3 rings (SSSR count). The molecule has 0 radical (unpaired) electrons. The topological polar surface area (TPSA) is 42.0 Å². The zero-order chi connectivity index (χ0) is 16.2. The van der Waals surface area contributed by atoms with Gasteiger partial charge < -0.3 is 19.3 Å². The largest absolute Gasteiger partial charge is 0.374 e. The van der Waals surface area contributed by atoms with Gasteiger partial charge in [-0.1, -0.05) is 12.2 Å². The Hall–Kier alpha value is -0.910. The molecule has 23 heavy (non-hydrogen) atoms. The minimum absolute atomic E-state index is 0.0639. The van der Waals surface area contributed by atoms with Gasteiger partial charge in [0, 0.05) is 19.5 Å². The molecule has 0 aromatic rings. The molecule has 5 heteroatoms. The average molecular weight is 322 g/mol. The first-order valence-electron chi connectivity index (χ1n) is 8.99. The monoisotopic (exact) mass is 322 g/mol. The highest BCUT2D eigenvalue weighted by molar-refractivity contribution is 5.77. The van der Waals surface area contributed by atoms with E-state index in [9.17, 15) is 4.79 Å². The van der Waals surface area contributed by atoms with Crippen LogP contribution in [0, 0.1) is 5.92 Å². The molecule has 1 saturated carbocycles. The fourth-order valence-electron chi connectivity index (χ4n) is 4.00. The number of rotatable bonds is 6. The van der Waals surface area contributed by atoms with Crippen molar-refractivity contribution in [3.8, 4) is 0 Å². The van der Waals surface area contributed by atoms with E-state index in [1.54, 1.807) is 0 Å². The second-order valence-electron chi connectivity index (χ2n) is 7.25. The molecule has 3 aliphatic rings. The summed E-state index contributed by atoms with van der Waals surface area (Å²) >= 11 is 0. The van der Waals surface area contributed by atoms with Crippen LogP contribution in [-0.4, -0.2) is 74.4 Å². The molecule has 2 aliphatic carbocycles. The van der Waals surface area contributed by atoms with Crippen molar-refractivity contribution < 1.29 is 14.3 Å². The van der Waals surface area contributed by atoms with E-state index in [1.807, 2.05) is 0 Å². The number of hydrogen-bond donors (Lipinski definition) is 0. The zero-order valence-corrected chi connectivity index (χ0v) is 14.4. The third-order valence-corrected chi connectivity index (χ3v) is 5.28. The normalized spacial score (nSPS) is 33.4. The maximum atomic E-state index is 12.7. The molecule has 4 atom stereocenters. The second kappa shape index (κ2) is 7.77. The Kier molecular flexibility index (Phi) is 5.72. The van der Waals surface area contributed by atoms with Gasteiger partial charge in [0.15, 0.2) is 0 Å². The van der Waals surface area contributed by atoms with Gasteiger partial charge in [-0.05, 0) is 45.7 Å². The Labute approximate surface area is 139 Å². The van der Waals surface area contributed by atoms with Gasteiger partial charge in [0.05, 0.1) is 25.4 Å². The van der Waals surface area contributed by atoms with E-state index in [1.165, 1.54) is 0 Å². The van der Waals surface area contributed by atoms with E-state index >= 15 is 0 Å². The number of carbonyl (C=O) groups is 1. The molecule has 0 bridgehead atoms. The summed E-state index contributed by atoms with van der Waals surface area (Å²) in [5.74, 6) is 0.742. The number of amides is 1. The molecule has 1 amide bonds. The van der Waals surface area contributed by atoms with Crippen LogP contribution in [0.4, 0.5) is 0 Å². The third-order valence-electron chi connectivity index (χ3n) is 5.28. The van der Waals surface area contributed by atoms with Crippen LogP contribution in [0.2, 0.25) is 0 Å². The Morgan fingerprint density at radius 3 is 2.96 bits per heavy atom. The molecule has 130 valence electrons. The number of nitrogens with zero attached hydrogens (tertiary/aromatic N) is 2. The quantitative estimate of drug-likeness (QED) is 0.698. The van der Waals surface area contributed by atoms with Crippen molar-refractivity contribution >= 4 is 5.91 Å². The maximum absolute atomic E-state index is 12.7. The van der Waals surface area contributed by atoms with Crippen molar-refractivity contribution in [1.82, 2.24) is 9.80 Å². The van der Waals surface area contributed by atoms with Crippen LogP contribution >= 0.6 is 0 Å². The highest BCUT2D eigenvalue weighted by atomic mass is 16.5. The summed E-state index contributed by atoms with van der Waals surface area (Å²) in [6, 6.07) is 0.214. The second-order valence-corrected chi connectivity index (χ2v) is 7.25. The molecule has 2 fully saturated rings. The summed E-state index contributed by atoms with van der Waals surface area (Å²) in [6.07, 6.45) is 9.51. The zero-order valence-electron chi connectivity index (χ0n) is 14.4. The lowest BCUT2D eigenvalue weighted by Crippen LogP contribution is -2.54. The highest BCUT2D eigenvalue weighted by Crippen LogP contribution is 2.33. The van der Waals surface area contributed by atoms with E-state index in [0.717, 1.165) is 45.4 Å². The number of fused-ring (bicyclic) bond motifs is 1. The number of likely N-dealkylation sites (N-methyl/N-ethyl adjacent to an activating group) is 1. The third kappa shape index (κ3) is 4.14. The standard InChI is InChI=1S/C18H30N2O3/c1-19(2)9-11-22-16-8-7-15-18(16)23-12-10-20(15)17(21)13-14-5-3-4-6-14/h3,5,14-16,18H,4,6-13H2,1-2H3/t14-,15-,16+,18+/m0/s1. The number of morpholine rings is 1. The maximum Gasteiger partial charge on any atom is 0.223 e. The minimum atomic E-state index is 0.0639. The lowest BCUT2D eigenvalue weighted by atomic mass is 10.0. The molecule has 0 N–H and O–H groups in total. The Bertz CT molecular complexity index is 438. The van der Waals surface area contributed by atoms with Gasteiger partial charge in [0.2, 0.25) is 5.91 Å². The summed E-state index contributed by atoms with van der Waals surface area (Å²) in [7, 11) is 4.10. The summed E-state index contributed by atoms with van der Waals surface area (Å²) in [5, 5.41) is 0. The molecular formula is C18H30N2O3. The average Bonchev–Trinajstić information content (AvgIpc) is 3.16. The van der Waals surface area contributed by atoms with Crippen LogP contribution in [0.3, 0.4) is 0 Å². The van der Waals surface area contributed by atoms with Crippen LogP contribution in [0.25, 0.3) is 0 Å². The van der Waals surface area contributed by atoms with Crippen molar-refractivity contribution in [3.05, 3.63) is 12.2 Å². The van der Waals surface area contributed by atoms with Crippen molar-refractivity contribution in [2.24, 2.45) is 5.92 Å². The molecule has 0 aromatic carbocycles. The van der Waals surface area contributed by atoms with Gasteiger partial charge in [0.25, 0.3) is 0 Å². The molecule has 0 spiro atoms. The summed E-state index contributed by atoms with van der Waals surface area (Å²) < 4.78 is 12.0. The summed E-state index contributed by atoms with van der Waals surface area (Å²) in [4.78, 5) is 16.9. The van der Waals surface area contributed by atoms with Crippen LogP contribution in [0.1, 0.15) is 32.1 Å². The molecule has 0 aromatic heterocycles. The minimum Gasteiger partial charge on any atom is -0.374 e. The summed E-state index contributed by atoms with van der Waals surface area (Å²) in [6.45, 7) is 3.03. The van der Waals surface area contributed by atoms with Crippen LogP contribution in [0.5, 0.6) is 0 Å². The number of carbonyl (C=O) groups excluding carboxylic acids is 1. The first-order chi connectivity index (χ1) is 11.1. The number of hydrogen-bond acceptors (Lipinski definition) is 4. The molecular weight excluding hydrogens is 292 g/mol. The van der Waals surface area contributed by atoms with E-state index in [2.05, 4.69) is 36.0 Å². The highest BCUT2D eigenvalue weighted by Gasteiger charge is 2.45. The first-order valence-corrected chi connectivity index (χ1v) is 8.99. The predicted molar refractivity (Wildman–Crippen MR) is 89.3 cm³/mol. The van der Waals surface area contributed by atoms with Crippen molar-refractivity contribution in [2.45, 2.75) is 50.4 Å². The SMILES string of the molecule is CN(C)CCO[C@@H]1CC[C@H]2[C@H]1OCCN2C(=O)C[C@H]1C=CCC1. The van der Waals surface area contributed by atoms with Gasteiger partial charge in [-0.25, -0.2) is 0 Å². The molecule has 1 aliphatic heterocycles. The Morgan fingerprint density at radius 1 is 1.35 bits per heavy atom. The van der Waals surface area contributed by atoms with Crippen molar-refractivity contribution in [3.63, 3.8) is 0 Å². The molecule has 1 saturated heterocycles. The van der Waals surface area contributed by atoms with Gasteiger partial charge in [-0.3, -0.25) is 4.79 Å². The Balaban J connectivity index is 1.53. The van der Waals surface area contributed by atoms with Crippen molar-refractivity contribution in [1.29, 1.82) is 0 Å². The summed E-state index contributed by atoms with van der Waals surface area (Å²) in [5.41, 5.74) is 0.